The highest BCUT2D eigenvalue weighted by molar-refractivity contribution is 7.91. The number of nitrogens with zero attached hydrogens (tertiary/aromatic N) is 5. The Hall–Kier alpha value is -3.69. The number of azo groups is 1. The third kappa shape index (κ3) is 5.06. The summed E-state index contributed by atoms with van der Waals surface area (Å²) in [7, 11) is -3.70. The van der Waals surface area contributed by atoms with Crippen LogP contribution in [-0.4, -0.2) is 44.7 Å². The molecule has 35 heavy (non-hydrogen) atoms. The monoisotopic (exact) mass is 487 g/mol. The van der Waals surface area contributed by atoms with E-state index in [1.807, 2.05) is 43.3 Å². The van der Waals surface area contributed by atoms with Crippen molar-refractivity contribution in [1.29, 1.82) is 0 Å². The number of fused-ring (bicyclic) bond motifs is 1. The molecule has 0 saturated carbocycles. The first-order chi connectivity index (χ1) is 17.0. The van der Waals surface area contributed by atoms with Gasteiger partial charge in [0.25, 0.3) is 5.95 Å². The van der Waals surface area contributed by atoms with E-state index in [4.69, 9.17) is 4.74 Å². The first-order valence-electron chi connectivity index (χ1n) is 11.4. The fourth-order valence-corrected chi connectivity index (χ4v) is 5.38. The van der Waals surface area contributed by atoms with E-state index in [-0.39, 0.29) is 15.7 Å². The average molecular weight is 488 g/mol. The van der Waals surface area contributed by atoms with Gasteiger partial charge in [0.05, 0.1) is 35.1 Å². The number of anilines is 1. The van der Waals surface area contributed by atoms with Gasteiger partial charge in [-0.25, -0.2) is 13.4 Å². The van der Waals surface area contributed by atoms with Crippen LogP contribution in [0.15, 0.2) is 92.8 Å². The molecule has 0 radical (unpaired) electrons. The van der Waals surface area contributed by atoms with E-state index in [9.17, 15) is 8.42 Å². The van der Waals surface area contributed by atoms with Gasteiger partial charge in [0, 0.05) is 18.5 Å². The number of benzene rings is 3. The predicted molar refractivity (Wildman–Crippen MR) is 134 cm³/mol. The predicted octanol–water partition coefficient (Wildman–Crippen LogP) is 4.89. The van der Waals surface area contributed by atoms with Gasteiger partial charge in [0.1, 0.15) is 5.82 Å². The Kier molecular flexibility index (Phi) is 6.52. The van der Waals surface area contributed by atoms with Crippen LogP contribution in [0.5, 0.6) is 0 Å². The Balaban J connectivity index is 1.56. The molecule has 9 heteroatoms. The van der Waals surface area contributed by atoms with E-state index >= 15 is 0 Å². The Morgan fingerprint density at radius 1 is 0.914 bits per heavy atom. The summed E-state index contributed by atoms with van der Waals surface area (Å²) >= 11 is 0. The van der Waals surface area contributed by atoms with Crippen LogP contribution < -0.4 is 4.90 Å². The second kappa shape index (κ2) is 9.89. The molecule has 0 aliphatic carbocycles. The van der Waals surface area contributed by atoms with Crippen LogP contribution in [0.4, 0.5) is 11.8 Å². The summed E-state index contributed by atoms with van der Waals surface area (Å²) in [6.07, 6.45) is 0. The molecule has 1 aliphatic rings. The minimum absolute atomic E-state index is 0.201. The second-order valence-corrected chi connectivity index (χ2v) is 10.3. The van der Waals surface area contributed by atoms with Gasteiger partial charge in [-0.1, -0.05) is 42.5 Å². The fraction of sp³-hybridized carbons (Fsp3) is 0.231. The van der Waals surface area contributed by atoms with Crippen molar-refractivity contribution in [2.45, 2.75) is 23.3 Å². The minimum atomic E-state index is -3.70. The summed E-state index contributed by atoms with van der Waals surface area (Å²) in [6, 6.07) is 21.7. The zero-order chi connectivity index (χ0) is 24.3. The zero-order valence-corrected chi connectivity index (χ0v) is 20.1. The van der Waals surface area contributed by atoms with Gasteiger partial charge < -0.3 is 9.64 Å². The first-order valence-corrected chi connectivity index (χ1v) is 12.9. The normalized spacial score (nSPS) is 14.6. The molecule has 0 N–H and O–H groups in total. The van der Waals surface area contributed by atoms with Crippen molar-refractivity contribution in [3.05, 3.63) is 83.9 Å². The van der Waals surface area contributed by atoms with Crippen molar-refractivity contribution in [2.75, 3.05) is 31.2 Å². The number of hydrogen-bond donors (Lipinski definition) is 0. The van der Waals surface area contributed by atoms with E-state index in [2.05, 4.69) is 25.1 Å². The number of rotatable bonds is 6. The van der Waals surface area contributed by atoms with Gasteiger partial charge >= 0.3 is 0 Å². The Morgan fingerprint density at radius 3 is 2.46 bits per heavy atom. The Labute approximate surface area is 204 Å². The van der Waals surface area contributed by atoms with Crippen molar-refractivity contribution in [2.24, 2.45) is 10.2 Å². The smallest absolute Gasteiger partial charge is 0.270 e. The third-order valence-electron chi connectivity index (χ3n) is 5.81. The topological polar surface area (TPSA) is 97.1 Å². The molecule has 0 bridgehead atoms. The van der Waals surface area contributed by atoms with E-state index in [1.54, 1.807) is 36.4 Å². The highest BCUT2D eigenvalue weighted by Crippen LogP contribution is 2.31. The van der Waals surface area contributed by atoms with Gasteiger partial charge in [0.2, 0.25) is 9.84 Å². The summed E-state index contributed by atoms with van der Waals surface area (Å²) in [5.41, 5.74) is 2.53. The summed E-state index contributed by atoms with van der Waals surface area (Å²) < 4.78 is 32.2. The first kappa shape index (κ1) is 23.1. The van der Waals surface area contributed by atoms with Gasteiger partial charge in [-0.05, 0) is 48.4 Å². The molecule has 2 heterocycles. The molecule has 1 saturated heterocycles. The maximum Gasteiger partial charge on any atom is 0.270 e. The van der Waals surface area contributed by atoms with Crippen molar-refractivity contribution in [3.8, 4) is 0 Å². The van der Waals surface area contributed by atoms with Gasteiger partial charge in [-0.2, -0.15) is 10.1 Å². The van der Waals surface area contributed by atoms with Crippen molar-refractivity contribution >= 4 is 32.5 Å². The molecule has 0 atom stereocenters. The van der Waals surface area contributed by atoms with Crippen LogP contribution in [0, 0.1) is 6.92 Å². The molecule has 5 rings (SSSR count). The van der Waals surface area contributed by atoms with E-state index in [0.29, 0.717) is 49.6 Å². The average Bonchev–Trinajstić information content (AvgIpc) is 2.89. The Bertz CT molecular complexity index is 1480. The molecule has 178 valence electrons. The molecular formula is C26H25N5O3S. The lowest BCUT2D eigenvalue weighted by molar-refractivity contribution is 0.122. The second-order valence-electron chi connectivity index (χ2n) is 8.33. The standard InChI is InChI=1S/C26H25N5O3S/c1-19-6-5-9-21(16-19)35(32,33)22-10-11-24-23(17-22)25(31-12-14-34-15-13-31)29-26(28-24)30-27-18-20-7-3-2-4-8-20/h2-11,16-17H,12-15,18H2,1H3. The van der Waals surface area contributed by atoms with Crippen LogP contribution >= 0.6 is 0 Å². The summed E-state index contributed by atoms with van der Waals surface area (Å²) in [5.74, 6) is 0.873. The van der Waals surface area contributed by atoms with Crippen LogP contribution in [0.2, 0.25) is 0 Å². The number of aromatic nitrogens is 2. The number of sulfone groups is 1. The molecule has 0 unspecified atom stereocenters. The molecule has 4 aromatic rings. The lowest BCUT2D eigenvalue weighted by Crippen LogP contribution is -2.37. The van der Waals surface area contributed by atoms with Crippen LogP contribution in [-0.2, 0) is 21.1 Å². The highest BCUT2D eigenvalue weighted by Gasteiger charge is 2.22. The zero-order valence-electron chi connectivity index (χ0n) is 19.3. The van der Waals surface area contributed by atoms with Gasteiger partial charge in [-0.15, -0.1) is 5.11 Å². The van der Waals surface area contributed by atoms with Crippen molar-refractivity contribution < 1.29 is 13.2 Å². The quantitative estimate of drug-likeness (QED) is 0.359. The van der Waals surface area contributed by atoms with Crippen LogP contribution in [0.1, 0.15) is 11.1 Å². The van der Waals surface area contributed by atoms with Crippen molar-refractivity contribution in [3.63, 3.8) is 0 Å². The SMILES string of the molecule is Cc1cccc(S(=O)(=O)c2ccc3nc(N=NCc4ccccc4)nc(N4CCOCC4)c3c2)c1. The molecule has 1 aliphatic heterocycles. The minimum Gasteiger partial charge on any atom is -0.378 e. The summed E-state index contributed by atoms with van der Waals surface area (Å²) in [4.78, 5) is 11.8. The molecular weight excluding hydrogens is 462 g/mol. The lowest BCUT2D eigenvalue weighted by Gasteiger charge is -2.28. The van der Waals surface area contributed by atoms with E-state index in [0.717, 1.165) is 11.1 Å². The number of hydrogen-bond acceptors (Lipinski definition) is 8. The van der Waals surface area contributed by atoms with Gasteiger partial charge in [0.15, 0.2) is 0 Å². The third-order valence-corrected chi connectivity index (χ3v) is 7.56. The summed E-state index contributed by atoms with van der Waals surface area (Å²) in [6.45, 7) is 4.71. The molecule has 3 aromatic carbocycles. The summed E-state index contributed by atoms with van der Waals surface area (Å²) in [5, 5.41) is 9.19. The number of aryl methyl sites for hydroxylation is 1. The number of ether oxygens (including phenoxy) is 1. The molecule has 8 nitrogen and oxygen atoms in total. The van der Waals surface area contributed by atoms with Gasteiger partial charge in [-0.3, -0.25) is 0 Å². The molecule has 0 amide bonds. The Morgan fingerprint density at radius 2 is 1.69 bits per heavy atom. The molecule has 1 aromatic heterocycles. The van der Waals surface area contributed by atoms with Crippen LogP contribution in [0.3, 0.4) is 0 Å². The van der Waals surface area contributed by atoms with Crippen molar-refractivity contribution in [1.82, 2.24) is 9.97 Å². The maximum atomic E-state index is 13.4. The molecule has 1 fully saturated rings. The largest absolute Gasteiger partial charge is 0.378 e. The van der Waals surface area contributed by atoms with E-state index < -0.39 is 9.84 Å². The molecule has 0 spiro atoms. The highest BCUT2D eigenvalue weighted by atomic mass is 32.2. The fourth-order valence-electron chi connectivity index (χ4n) is 3.99. The number of morpholine rings is 1. The maximum absolute atomic E-state index is 13.4. The lowest BCUT2D eigenvalue weighted by atomic mass is 10.2. The van der Waals surface area contributed by atoms with E-state index in [1.165, 1.54) is 0 Å². The van der Waals surface area contributed by atoms with Crippen LogP contribution in [0.25, 0.3) is 10.9 Å².